The second-order valence-electron chi connectivity index (χ2n) is 6.74. The molecule has 1 aromatic carbocycles. The first-order valence-electron chi connectivity index (χ1n) is 9.20. The van der Waals surface area contributed by atoms with Crippen molar-refractivity contribution in [2.75, 3.05) is 0 Å². The first-order chi connectivity index (χ1) is 12.7. The highest BCUT2D eigenvalue weighted by Gasteiger charge is 2.24. The standard InChI is InChI=1S/C19H23N5OS/c1-3-24-17(14-8-4-5-9-14)21-22-19(24)26-12-16-20-18(25-23-16)15-10-6-7-13(2)11-15/h6-7,10-11,14H,3-5,8-9,12H2,1-2H3. The van der Waals surface area contributed by atoms with E-state index in [1.165, 1.54) is 31.2 Å². The van der Waals surface area contributed by atoms with Crippen LogP contribution < -0.4 is 0 Å². The Morgan fingerprint density at radius 1 is 1.23 bits per heavy atom. The van der Waals surface area contributed by atoms with Gasteiger partial charge in [-0.25, -0.2) is 0 Å². The molecule has 1 aliphatic rings. The van der Waals surface area contributed by atoms with E-state index in [-0.39, 0.29) is 0 Å². The van der Waals surface area contributed by atoms with Gasteiger partial charge in [0.15, 0.2) is 11.0 Å². The summed E-state index contributed by atoms with van der Waals surface area (Å²) in [6.45, 7) is 5.09. The molecule has 2 heterocycles. The van der Waals surface area contributed by atoms with Crippen molar-refractivity contribution in [3.05, 3.63) is 41.5 Å². The van der Waals surface area contributed by atoms with Crippen LogP contribution in [0.5, 0.6) is 0 Å². The summed E-state index contributed by atoms with van der Waals surface area (Å²) in [5.74, 6) is 3.57. The number of thioether (sulfide) groups is 1. The summed E-state index contributed by atoms with van der Waals surface area (Å²) >= 11 is 1.62. The molecule has 0 atom stereocenters. The number of hydrogen-bond acceptors (Lipinski definition) is 6. The topological polar surface area (TPSA) is 69.6 Å². The minimum atomic E-state index is 0.563. The number of rotatable bonds is 6. The fourth-order valence-electron chi connectivity index (χ4n) is 3.53. The van der Waals surface area contributed by atoms with Crippen molar-refractivity contribution in [1.82, 2.24) is 24.9 Å². The highest BCUT2D eigenvalue weighted by atomic mass is 32.2. The Morgan fingerprint density at radius 2 is 2.08 bits per heavy atom. The molecule has 0 spiro atoms. The smallest absolute Gasteiger partial charge is 0.257 e. The Kier molecular flexibility index (Phi) is 5.06. The molecule has 0 amide bonds. The van der Waals surface area contributed by atoms with Gasteiger partial charge in [0.2, 0.25) is 0 Å². The maximum atomic E-state index is 5.42. The van der Waals surface area contributed by atoms with Gasteiger partial charge in [-0.2, -0.15) is 4.98 Å². The second kappa shape index (κ2) is 7.61. The highest BCUT2D eigenvalue weighted by Crippen LogP contribution is 2.34. The van der Waals surface area contributed by atoms with E-state index in [0.29, 0.717) is 23.4 Å². The Morgan fingerprint density at radius 3 is 2.85 bits per heavy atom. The summed E-state index contributed by atoms with van der Waals surface area (Å²) in [5, 5.41) is 13.9. The molecule has 3 aromatic rings. The predicted octanol–water partition coefficient (Wildman–Crippen LogP) is 4.61. The molecule has 6 nitrogen and oxygen atoms in total. The van der Waals surface area contributed by atoms with E-state index in [9.17, 15) is 0 Å². The third-order valence-electron chi connectivity index (χ3n) is 4.85. The summed E-state index contributed by atoms with van der Waals surface area (Å²) in [4.78, 5) is 4.52. The number of benzene rings is 1. The SMILES string of the molecule is CCn1c(SCc2noc(-c3cccc(C)c3)n2)nnc1C1CCCC1. The molecule has 0 N–H and O–H groups in total. The van der Waals surface area contributed by atoms with Gasteiger partial charge < -0.3 is 9.09 Å². The van der Waals surface area contributed by atoms with E-state index in [4.69, 9.17) is 4.52 Å². The van der Waals surface area contributed by atoms with Crippen LogP contribution in [-0.4, -0.2) is 24.9 Å². The van der Waals surface area contributed by atoms with Crippen molar-refractivity contribution in [1.29, 1.82) is 0 Å². The maximum Gasteiger partial charge on any atom is 0.257 e. The molecule has 1 fully saturated rings. The quantitative estimate of drug-likeness (QED) is 0.591. The van der Waals surface area contributed by atoms with Gasteiger partial charge in [0.1, 0.15) is 5.82 Å². The number of hydrogen-bond donors (Lipinski definition) is 0. The average molecular weight is 369 g/mol. The molecule has 0 aliphatic heterocycles. The zero-order chi connectivity index (χ0) is 17.9. The van der Waals surface area contributed by atoms with Crippen molar-refractivity contribution in [3.63, 3.8) is 0 Å². The van der Waals surface area contributed by atoms with Gasteiger partial charge in [0, 0.05) is 18.0 Å². The van der Waals surface area contributed by atoms with Crippen molar-refractivity contribution in [2.24, 2.45) is 0 Å². The summed E-state index contributed by atoms with van der Waals surface area (Å²) < 4.78 is 7.66. The van der Waals surface area contributed by atoms with Gasteiger partial charge in [-0.3, -0.25) is 0 Å². The first-order valence-corrected chi connectivity index (χ1v) is 10.2. The molecular weight excluding hydrogens is 346 g/mol. The predicted molar refractivity (Wildman–Crippen MR) is 101 cm³/mol. The average Bonchev–Trinajstić information content (AvgIpc) is 3.39. The van der Waals surface area contributed by atoms with E-state index in [0.717, 1.165) is 23.1 Å². The molecule has 0 bridgehead atoms. The molecule has 0 unspecified atom stereocenters. The van der Waals surface area contributed by atoms with Crippen LogP contribution in [0.1, 0.15) is 55.7 Å². The van der Waals surface area contributed by atoms with Gasteiger partial charge in [-0.15, -0.1) is 10.2 Å². The van der Waals surface area contributed by atoms with Crippen LogP contribution in [-0.2, 0) is 12.3 Å². The third kappa shape index (κ3) is 3.53. The second-order valence-corrected chi connectivity index (χ2v) is 7.68. The lowest BCUT2D eigenvalue weighted by Crippen LogP contribution is -2.06. The van der Waals surface area contributed by atoms with Gasteiger partial charge >= 0.3 is 0 Å². The van der Waals surface area contributed by atoms with E-state index in [1.54, 1.807) is 11.8 Å². The molecule has 0 saturated heterocycles. The van der Waals surface area contributed by atoms with Crippen molar-refractivity contribution >= 4 is 11.8 Å². The summed E-state index contributed by atoms with van der Waals surface area (Å²) in [5.41, 5.74) is 2.13. The Bertz CT molecular complexity index is 882. The van der Waals surface area contributed by atoms with Gasteiger partial charge in [-0.1, -0.05) is 47.5 Å². The van der Waals surface area contributed by atoms with Crippen LogP contribution in [0, 0.1) is 6.92 Å². The summed E-state index contributed by atoms with van der Waals surface area (Å²) in [7, 11) is 0. The lowest BCUT2D eigenvalue weighted by molar-refractivity contribution is 0.425. The largest absolute Gasteiger partial charge is 0.334 e. The normalized spacial score (nSPS) is 15.0. The van der Waals surface area contributed by atoms with Crippen molar-refractivity contribution in [3.8, 4) is 11.5 Å². The van der Waals surface area contributed by atoms with Gasteiger partial charge in [0.05, 0.1) is 5.75 Å². The molecule has 2 aromatic heterocycles. The lowest BCUT2D eigenvalue weighted by atomic mass is 10.1. The number of aryl methyl sites for hydroxylation is 1. The molecule has 7 heteroatoms. The van der Waals surface area contributed by atoms with Crippen LogP contribution in [0.15, 0.2) is 33.9 Å². The van der Waals surface area contributed by atoms with Crippen LogP contribution in [0.3, 0.4) is 0 Å². The minimum absolute atomic E-state index is 0.563. The van der Waals surface area contributed by atoms with E-state index < -0.39 is 0 Å². The molecule has 26 heavy (non-hydrogen) atoms. The number of aromatic nitrogens is 5. The third-order valence-corrected chi connectivity index (χ3v) is 5.81. The zero-order valence-corrected chi connectivity index (χ0v) is 16.0. The van der Waals surface area contributed by atoms with Gasteiger partial charge in [0.25, 0.3) is 5.89 Å². The first kappa shape index (κ1) is 17.3. The fourth-order valence-corrected chi connectivity index (χ4v) is 4.38. The zero-order valence-electron chi connectivity index (χ0n) is 15.2. The lowest BCUT2D eigenvalue weighted by Gasteiger charge is -2.11. The molecule has 136 valence electrons. The fraction of sp³-hybridized carbons (Fsp3) is 0.474. The van der Waals surface area contributed by atoms with Crippen LogP contribution >= 0.6 is 11.8 Å². The highest BCUT2D eigenvalue weighted by molar-refractivity contribution is 7.98. The Balaban J connectivity index is 1.46. The van der Waals surface area contributed by atoms with Crippen LogP contribution in [0.25, 0.3) is 11.5 Å². The van der Waals surface area contributed by atoms with Crippen molar-refractivity contribution < 1.29 is 4.52 Å². The molecule has 4 rings (SSSR count). The molecule has 1 saturated carbocycles. The van der Waals surface area contributed by atoms with E-state index >= 15 is 0 Å². The molecule has 1 aliphatic carbocycles. The van der Waals surface area contributed by atoms with E-state index in [2.05, 4.69) is 44.8 Å². The minimum Gasteiger partial charge on any atom is -0.334 e. The molecular formula is C19H23N5OS. The Hall–Kier alpha value is -2.15. The number of nitrogens with zero attached hydrogens (tertiary/aromatic N) is 5. The van der Waals surface area contributed by atoms with E-state index in [1.807, 2.05) is 18.2 Å². The monoisotopic (exact) mass is 369 g/mol. The maximum absolute atomic E-state index is 5.42. The Labute approximate surface area is 157 Å². The van der Waals surface area contributed by atoms with Crippen LogP contribution in [0.2, 0.25) is 0 Å². The van der Waals surface area contributed by atoms with Gasteiger partial charge in [-0.05, 0) is 38.8 Å². The summed E-state index contributed by atoms with van der Waals surface area (Å²) in [6, 6.07) is 8.08. The molecule has 0 radical (unpaired) electrons. The van der Waals surface area contributed by atoms with Crippen molar-refractivity contribution in [2.45, 2.75) is 62.9 Å². The van der Waals surface area contributed by atoms with Crippen LogP contribution in [0.4, 0.5) is 0 Å². The summed E-state index contributed by atoms with van der Waals surface area (Å²) in [6.07, 6.45) is 5.06.